The lowest BCUT2D eigenvalue weighted by atomic mass is 9.98. The summed E-state index contributed by atoms with van der Waals surface area (Å²) in [6, 6.07) is 3.91. The van der Waals surface area contributed by atoms with Gasteiger partial charge in [0.05, 0.1) is 0 Å². The van der Waals surface area contributed by atoms with E-state index in [2.05, 4.69) is 20.8 Å². The zero-order valence-electron chi connectivity index (χ0n) is 10.1. The molecule has 0 radical (unpaired) electrons. The van der Waals surface area contributed by atoms with Gasteiger partial charge in [0.15, 0.2) is 8.32 Å². The molecule has 84 valence electrons. The predicted molar refractivity (Wildman–Crippen MR) is 65.2 cm³/mol. The molecule has 0 bridgehead atoms. The second-order valence-corrected chi connectivity index (χ2v) is 9.34. The molecule has 1 aliphatic carbocycles. The highest BCUT2D eigenvalue weighted by molar-refractivity contribution is 6.73. The van der Waals surface area contributed by atoms with E-state index >= 15 is 0 Å². The summed E-state index contributed by atoms with van der Waals surface area (Å²) in [5.41, 5.74) is 0. The van der Waals surface area contributed by atoms with Gasteiger partial charge in [-0.3, -0.25) is 0 Å². The van der Waals surface area contributed by atoms with Gasteiger partial charge in [-0.05, 0) is 31.0 Å². The average molecular weight is 214 g/mol. The Bertz CT molecular complexity index is 140. The molecule has 0 atom stereocenters. The Hall–Kier alpha value is 0.177. The molecule has 0 aliphatic heterocycles. The number of hydrogen-bond donors (Lipinski definition) is 0. The van der Waals surface area contributed by atoms with Gasteiger partial charge in [-0.2, -0.15) is 0 Å². The Morgan fingerprint density at radius 2 is 1.43 bits per heavy atom. The van der Waals surface area contributed by atoms with Gasteiger partial charge in [-0.15, -0.1) is 0 Å². The minimum absolute atomic E-state index is 0.621. The van der Waals surface area contributed by atoms with Crippen LogP contribution in [0.1, 0.15) is 52.9 Å². The normalized spacial score (nSPS) is 19.9. The van der Waals surface area contributed by atoms with Crippen LogP contribution in [0.2, 0.25) is 18.1 Å². The summed E-state index contributed by atoms with van der Waals surface area (Å²) in [6.45, 7) is 6.96. The summed E-state index contributed by atoms with van der Waals surface area (Å²) in [4.78, 5) is 0. The molecule has 1 aliphatic rings. The molecule has 2 heteroatoms. The van der Waals surface area contributed by atoms with Gasteiger partial charge in [0.1, 0.15) is 0 Å². The number of rotatable bonds is 5. The van der Waals surface area contributed by atoms with Crippen LogP contribution in [0.4, 0.5) is 0 Å². The van der Waals surface area contributed by atoms with Crippen molar-refractivity contribution in [2.24, 2.45) is 0 Å². The Morgan fingerprint density at radius 1 is 0.929 bits per heavy atom. The van der Waals surface area contributed by atoms with E-state index in [0.29, 0.717) is 6.10 Å². The highest BCUT2D eigenvalue weighted by Gasteiger charge is 2.32. The van der Waals surface area contributed by atoms with Gasteiger partial charge in [0, 0.05) is 6.10 Å². The summed E-state index contributed by atoms with van der Waals surface area (Å²) in [6.07, 6.45) is 7.50. The van der Waals surface area contributed by atoms with Gasteiger partial charge < -0.3 is 4.43 Å². The third-order valence-electron chi connectivity index (χ3n) is 3.90. The minimum Gasteiger partial charge on any atom is -0.414 e. The second-order valence-electron chi connectivity index (χ2n) is 4.62. The van der Waals surface area contributed by atoms with Gasteiger partial charge in [-0.25, -0.2) is 0 Å². The molecule has 0 aromatic heterocycles. The third-order valence-corrected chi connectivity index (χ3v) is 8.60. The van der Waals surface area contributed by atoms with E-state index < -0.39 is 8.32 Å². The fourth-order valence-corrected chi connectivity index (χ4v) is 5.48. The van der Waals surface area contributed by atoms with E-state index in [9.17, 15) is 0 Å². The van der Waals surface area contributed by atoms with Crippen molar-refractivity contribution in [3.63, 3.8) is 0 Å². The fourth-order valence-electron chi connectivity index (χ4n) is 2.54. The van der Waals surface area contributed by atoms with Crippen LogP contribution in [0, 0.1) is 0 Å². The molecule has 1 nitrogen and oxygen atoms in total. The molecule has 0 heterocycles. The van der Waals surface area contributed by atoms with Crippen LogP contribution >= 0.6 is 0 Å². The first-order valence-electron chi connectivity index (χ1n) is 6.44. The van der Waals surface area contributed by atoms with E-state index in [4.69, 9.17) is 4.43 Å². The predicted octanol–water partition coefficient (Wildman–Crippen LogP) is 4.34. The van der Waals surface area contributed by atoms with Crippen molar-refractivity contribution in [1.29, 1.82) is 0 Å². The molecular formula is C12H26OSi. The summed E-state index contributed by atoms with van der Waals surface area (Å²) < 4.78 is 6.47. The Balaban J connectivity index is 2.44. The first-order valence-corrected chi connectivity index (χ1v) is 8.97. The Kier molecular flexibility index (Phi) is 5.17. The SMILES string of the molecule is CC[Si](CC)(CC)OC1CCCCC1. The maximum absolute atomic E-state index is 6.47. The van der Waals surface area contributed by atoms with Crippen molar-refractivity contribution in [2.75, 3.05) is 0 Å². The smallest absolute Gasteiger partial charge is 0.192 e. The van der Waals surface area contributed by atoms with Crippen molar-refractivity contribution in [3.05, 3.63) is 0 Å². The van der Waals surface area contributed by atoms with Crippen molar-refractivity contribution in [1.82, 2.24) is 0 Å². The lowest BCUT2D eigenvalue weighted by Gasteiger charge is -2.35. The molecule has 1 saturated carbocycles. The molecule has 0 saturated heterocycles. The van der Waals surface area contributed by atoms with Crippen LogP contribution in [0.25, 0.3) is 0 Å². The van der Waals surface area contributed by atoms with Crippen LogP contribution in [-0.4, -0.2) is 14.4 Å². The van der Waals surface area contributed by atoms with Crippen LogP contribution < -0.4 is 0 Å². The molecule has 14 heavy (non-hydrogen) atoms. The highest BCUT2D eigenvalue weighted by atomic mass is 28.4. The van der Waals surface area contributed by atoms with Crippen LogP contribution in [0.15, 0.2) is 0 Å². The summed E-state index contributed by atoms with van der Waals surface area (Å²) in [5, 5.41) is 0. The number of hydrogen-bond acceptors (Lipinski definition) is 1. The van der Waals surface area contributed by atoms with E-state index in [0.717, 1.165) is 0 Å². The lowest BCUT2D eigenvalue weighted by Crippen LogP contribution is -2.40. The maximum atomic E-state index is 6.47. The van der Waals surface area contributed by atoms with Crippen LogP contribution in [0.5, 0.6) is 0 Å². The molecule has 1 rings (SSSR count). The largest absolute Gasteiger partial charge is 0.414 e. The first kappa shape index (κ1) is 12.2. The Morgan fingerprint density at radius 3 is 1.86 bits per heavy atom. The Labute approximate surface area is 90.4 Å². The monoisotopic (exact) mass is 214 g/mol. The fraction of sp³-hybridized carbons (Fsp3) is 1.00. The molecule has 1 fully saturated rings. The van der Waals surface area contributed by atoms with E-state index in [1.54, 1.807) is 0 Å². The molecule has 0 spiro atoms. The summed E-state index contributed by atoms with van der Waals surface area (Å²) in [7, 11) is -1.30. The van der Waals surface area contributed by atoms with Gasteiger partial charge in [0.25, 0.3) is 0 Å². The quantitative estimate of drug-likeness (QED) is 0.619. The van der Waals surface area contributed by atoms with Crippen molar-refractivity contribution >= 4 is 8.32 Å². The minimum atomic E-state index is -1.30. The van der Waals surface area contributed by atoms with E-state index in [1.807, 2.05) is 0 Å². The summed E-state index contributed by atoms with van der Waals surface area (Å²) in [5.74, 6) is 0. The first-order chi connectivity index (χ1) is 6.76. The van der Waals surface area contributed by atoms with E-state index in [1.165, 1.54) is 50.2 Å². The second kappa shape index (κ2) is 5.91. The third kappa shape index (κ3) is 3.09. The lowest BCUT2D eigenvalue weighted by molar-refractivity contribution is 0.142. The zero-order chi connectivity index (χ0) is 10.4. The van der Waals surface area contributed by atoms with Gasteiger partial charge >= 0.3 is 0 Å². The highest BCUT2D eigenvalue weighted by Crippen LogP contribution is 2.29. The van der Waals surface area contributed by atoms with E-state index in [-0.39, 0.29) is 0 Å². The topological polar surface area (TPSA) is 9.23 Å². The van der Waals surface area contributed by atoms with Crippen LogP contribution in [0.3, 0.4) is 0 Å². The average Bonchev–Trinajstić information content (AvgIpc) is 2.28. The van der Waals surface area contributed by atoms with Gasteiger partial charge in [-0.1, -0.05) is 40.0 Å². The van der Waals surface area contributed by atoms with Crippen molar-refractivity contribution < 1.29 is 4.43 Å². The summed E-state index contributed by atoms with van der Waals surface area (Å²) >= 11 is 0. The van der Waals surface area contributed by atoms with Gasteiger partial charge in [0.2, 0.25) is 0 Å². The van der Waals surface area contributed by atoms with Crippen molar-refractivity contribution in [2.45, 2.75) is 77.1 Å². The zero-order valence-corrected chi connectivity index (χ0v) is 11.1. The van der Waals surface area contributed by atoms with Crippen molar-refractivity contribution in [3.8, 4) is 0 Å². The standard InChI is InChI=1S/C12H26OSi/c1-4-14(5-2,6-3)13-12-10-8-7-9-11-12/h12H,4-11H2,1-3H3. The van der Waals surface area contributed by atoms with Crippen LogP contribution in [-0.2, 0) is 4.43 Å². The molecule has 0 aromatic carbocycles. The molecule has 0 aromatic rings. The maximum Gasteiger partial charge on any atom is 0.192 e. The molecule has 0 amide bonds. The molecule has 0 unspecified atom stereocenters. The molecule has 0 N–H and O–H groups in total. The molecular weight excluding hydrogens is 188 g/mol.